The summed E-state index contributed by atoms with van der Waals surface area (Å²) in [4.78, 5) is 4.40. The summed E-state index contributed by atoms with van der Waals surface area (Å²) in [6.45, 7) is 6.02. The Morgan fingerprint density at radius 1 is 1.28 bits per heavy atom. The maximum Gasteiger partial charge on any atom is 0.227 e. The lowest BCUT2D eigenvalue weighted by molar-refractivity contribution is 0.372. The van der Waals surface area contributed by atoms with Crippen LogP contribution < -0.4 is 5.32 Å². The van der Waals surface area contributed by atoms with Crippen molar-refractivity contribution in [1.29, 1.82) is 0 Å². The second kappa shape index (κ2) is 6.31. The molecule has 0 unspecified atom stereocenters. The summed E-state index contributed by atoms with van der Waals surface area (Å²) in [5, 5.41) is 7.25. The van der Waals surface area contributed by atoms with Gasteiger partial charge in [-0.3, -0.25) is 0 Å². The molecule has 1 aromatic carbocycles. The molecule has 0 atom stereocenters. The van der Waals surface area contributed by atoms with E-state index < -0.39 is 0 Å². The number of aromatic nitrogens is 2. The van der Waals surface area contributed by atoms with Gasteiger partial charge in [0.2, 0.25) is 5.89 Å². The Kier molecular flexibility index (Phi) is 4.47. The van der Waals surface area contributed by atoms with E-state index in [1.165, 1.54) is 11.1 Å². The summed E-state index contributed by atoms with van der Waals surface area (Å²) >= 11 is 0. The Balaban J connectivity index is 1.96. The Morgan fingerprint density at radius 3 is 2.89 bits per heavy atom. The highest BCUT2D eigenvalue weighted by Gasteiger charge is 2.07. The van der Waals surface area contributed by atoms with Gasteiger partial charge in [0.25, 0.3) is 0 Å². The largest absolute Gasteiger partial charge is 0.339 e. The van der Waals surface area contributed by atoms with E-state index >= 15 is 0 Å². The highest BCUT2D eigenvalue weighted by Crippen LogP contribution is 2.11. The normalized spacial score (nSPS) is 10.8. The van der Waals surface area contributed by atoms with Crippen LogP contribution in [0.25, 0.3) is 0 Å². The predicted octanol–water partition coefficient (Wildman–Crippen LogP) is 2.12. The van der Waals surface area contributed by atoms with Gasteiger partial charge < -0.3 is 9.84 Å². The average Bonchev–Trinajstić information content (AvgIpc) is 2.80. The van der Waals surface area contributed by atoms with Crippen LogP contribution >= 0.6 is 0 Å². The highest BCUT2D eigenvalue weighted by atomic mass is 16.5. The van der Waals surface area contributed by atoms with Crippen LogP contribution in [0.2, 0.25) is 0 Å². The molecule has 0 radical (unpaired) electrons. The van der Waals surface area contributed by atoms with Crippen LogP contribution in [-0.4, -0.2) is 23.2 Å². The zero-order valence-electron chi connectivity index (χ0n) is 10.9. The number of hydrogen-bond donors (Lipinski definition) is 1. The van der Waals surface area contributed by atoms with Crippen molar-refractivity contribution in [3.05, 3.63) is 47.1 Å². The van der Waals surface area contributed by atoms with Gasteiger partial charge in [0.05, 0.1) is 0 Å². The van der Waals surface area contributed by atoms with Gasteiger partial charge in [-0.15, -0.1) is 0 Å². The van der Waals surface area contributed by atoms with Gasteiger partial charge >= 0.3 is 0 Å². The van der Waals surface area contributed by atoms with Gasteiger partial charge in [-0.1, -0.05) is 36.3 Å². The lowest BCUT2D eigenvalue weighted by atomic mass is 10.1. The van der Waals surface area contributed by atoms with E-state index in [1.807, 2.05) is 12.1 Å². The molecule has 2 aromatic rings. The minimum Gasteiger partial charge on any atom is -0.339 e. The first-order valence-corrected chi connectivity index (χ1v) is 6.36. The summed E-state index contributed by atoms with van der Waals surface area (Å²) in [6, 6.07) is 8.27. The number of nitrogens with zero attached hydrogens (tertiary/aromatic N) is 2. The number of nitrogens with one attached hydrogen (secondary N) is 1. The van der Waals surface area contributed by atoms with Crippen LogP contribution in [0.4, 0.5) is 0 Å². The molecule has 0 saturated carbocycles. The molecule has 1 aromatic heterocycles. The van der Waals surface area contributed by atoms with Crippen molar-refractivity contribution in [2.75, 3.05) is 13.1 Å². The van der Waals surface area contributed by atoms with Gasteiger partial charge in [0.1, 0.15) is 0 Å². The summed E-state index contributed by atoms with van der Waals surface area (Å²) in [5.41, 5.74) is 2.51. The second-order valence-electron chi connectivity index (χ2n) is 4.31. The Labute approximate surface area is 107 Å². The van der Waals surface area contributed by atoms with Crippen molar-refractivity contribution in [2.24, 2.45) is 0 Å². The van der Waals surface area contributed by atoms with Gasteiger partial charge in [-0.05, 0) is 24.6 Å². The van der Waals surface area contributed by atoms with Crippen LogP contribution in [0.15, 0.2) is 28.8 Å². The van der Waals surface area contributed by atoms with Crippen molar-refractivity contribution in [3.63, 3.8) is 0 Å². The van der Waals surface area contributed by atoms with Gasteiger partial charge in [0, 0.05) is 19.4 Å². The van der Waals surface area contributed by atoms with Crippen LogP contribution in [0.5, 0.6) is 0 Å². The molecule has 96 valence electrons. The van der Waals surface area contributed by atoms with Crippen molar-refractivity contribution >= 4 is 0 Å². The molecule has 0 fully saturated rings. The minimum atomic E-state index is 0.708. The third-order valence-corrected chi connectivity index (χ3v) is 2.89. The van der Waals surface area contributed by atoms with E-state index in [9.17, 15) is 0 Å². The Bertz CT molecular complexity index is 493. The quantitative estimate of drug-likeness (QED) is 0.792. The topological polar surface area (TPSA) is 51.0 Å². The highest BCUT2D eigenvalue weighted by molar-refractivity contribution is 5.27. The van der Waals surface area contributed by atoms with E-state index in [0.717, 1.165) is 31.8 Å². The molecule has 1 heterocycles. The monoisotopic (exact) mass is 245 g/mol. The molecule has 1 N–H and O–H groups in total. The fourth-order valence-electron chi connectivity index (χ4n) is 1.81. The van der Waals surface area contributed by atoms with Crippen LogP contribution in [-0.2, 0) is 12.8 Å². The van der Waals surface area contributed by atoms with Gasteiger partial charge in [-0.2, -0.15) is 4.98 Å². The maximum absolute atomic E-state index is 5.22. The first-order valence-electron chi connectivity index (χ1n) is 6.36. The van der Waals surface area contributed by atoms with E-state index in [2.05, 4.69) is 41.4 Å². The zero-order valence-corrected chi connectivity index (χ0v) is 10.9. The number of rotatable bonds is 6. The summed E-state index contributed by atoms with van der Waals surface area (Å²) in [7, 11) is 0. The van der Waals surface area contributed by atoms with Crippen LogP contribution in [0.1, 0.15) is 29.8 Å². The molecule has 0 bridgehead atoms. The van der Waals surface area contributed by atoms with Crippen LogP contribution in [0, 0.1) is 6.92 Å². The summed E-state index contributed by atoms with van der Waals surface area (Å²) in [5.74, 6) is 1.47. The molecule has 0 spiro atoms. The molecule has 0 aliphatic rings. The van der Waals surface area contributed by atoms with E-state index in [0.29, 0.717) is 5.89 Å². The summed E-state index contributed by atoms with van der Waals surface area (Å²) in [6.07, 6.45) is 1.52. The molecule has 18 heavy (non-hydrogen) atoms. The fourth-order valence-corrected chi connectivity index (χ4v) is 1.81. The summed E-state index contributed by atoms with van der Waals surface area (Å²) < 4.78 is 5.22. The Hall–Kier alpha value is -1.68. The van der Waals surface area contributed by atoms with Crippen molar-refractivity contribution in [1.82, 2.24) is 15.5 Å². The standard InChI is InChI=1S/C14H19N3O/c1-3-15-9-8-14-16-13(17-18-14)10-12-7-5-4-6-11(12)2/h4-7,15H,3,8-10H2,1-2H3. The van der Waals surface area contributed by atoms with Gasteiger partial charge in [0.15, 0.2) is 5.82 Å². The molecular weight excluding hydrogens is 226 g/mol. The Morgan fingerprint density at radius 2 is 2.11 bits per heavy atom. The molecule has 4 heteroatoms. The maximum atomic E-state index is 5.22. The van der Waals surface area contributed by atoms with E-state index in [4.69, 9.17) is 4.52 Å². The molecule has 2 rings (SSSR count). The molecule has 0 aliphatic heterocycles. The SMILES string of the molecule is CCNCCc1nc(Cc2ccccc2C)no1. The van der Waals surface area contributed by atoms with Crippen molar-refractivity contribution < 1.29 is 4.52 Å². The predicted molar refractivity (Wildman–Crippen MR) is 70.5 cm³/mol. The lowest BCUT2D eigenvalue weighted by Gasteiger charge is -2.00. The number of benzene rings is 1. The van der Waals surface area contributed by atoms with Crippen molar-refractivity contribution in [3.8, 4) is 0 Å². The van der Waals surface area contributed by atoms with E-state index in [1.54, 1.807) is 0 Å². The number of likely N-dealkylation sites (N-methyl/N-ethyl adjacent to an activating group) is 1. The third-order valence-electron chi connectivity index (χ3n) is 2.89. The van der Waals surface area contributed by atoms with Crippen LogP contribution in [0.3, 0.4) is 0 Å². The lowest BCUT2D eigenvalue weighted by Crippen LogP contribution is -2.16. The molecule has 0 aliphatic carbocycles. The average molecular weight is 245 g/mol. The number of hydrogen-bond acceptors (Lipinski definition) is 4. The molecule has 0 saturated heterocycles. The molecule has 4 nitrogen and oxygen atoms in total. The minimum absolute atomic E-state index is 0.708. The molecular formula is C14H19N3O. The first kappa shape index (κ1) is 12.8. The van der Waals surface area contributed by atoms with Crippen molar-refractivity contribution in [2.45, 2.75) is 26.7 Å². The van der Waals surface area contributed by atoms with E-state index in [-0.39, 0.29) is 0 Å². The third kappa shape index (κ3) is 3.40. The number of aryl methyl sites for hydroxylation is 1. The smallest absolute Gasteiger partial charge is 0.227 e. The second-order valence-corrected chi connectivity index (χ2v) is 4.31. The fraction of sp³-hybridized carbons (Fsp3) is 0.429. The van der Waals surface area contributed by atoms with Gasteiger partial charge in [-0.25, -0.2) is 0 Å². The zero-order chi connectivity index (χ0) is 12.8. The molecule has 0 amide bonds. The first-order chi connectivity index (χ1) is 8.79.